The van der Waals surface area contributed by atoms with Crippen molar-refractivity contribution < 1.29 is 19.0 Å². The van der Waals surface area contributed by atoms with Crippen LogP contribution in [0.5, 0.6) is 5.75 Å². The molecule has 0 heterocycles. The van der Waals surface area contributed by atoms with Gasteiger partial charge in [-0.2, -0.15) is 0 Å². The summed E-state index contributed by atoms with van der Waals surface area (Å²) in [5, 5.41) is 18.2. The average molecular weight is 188 g/mol. The van der Waals surface area contributed by atoms with Gasteiger partial charge in [0.05, 0.1) is 5.60 Å². The minimum atomic E-state index is -1.46. The number of aromatic hydroxyl groups is 1. The number of benzene rings is 1. The first-order valence-corrected chi connectivity index (χ1v) is 3.73. The van der Waals surface area contributed by atoms with E-state index in [1.54, 1.807) is 0 Å². The van der Waals surface area contributed by atoms with Crippen LogP contribution in [-0.2, 0) is 5.60 Å². The molecule has 0 atom stereocenters. The van der Waals surface area contributed by atoms with Crippen LogP contribution in [0.1, 0.15) is 19.4 Å². The lowest BCUT2D eigenvalue weighted by molar-refractivity contribution is 0.0740. The fourth-order valence-electron chi connectivity index (χ4n) is 1.01. The molecule has 72 valence electrons. The van der Waals surface area contributed by atoms with E-state index in [0.717, 1.165) is 6.07 Å². The number of hydrogen-bond acceptors (Lipinski definition) is 2. The van der Waals surface area contributed by atoms with E-state index < -0.39 is 23.0 Å². The summed E-state index contributed by atoms with van der Waals surface area (Å²) in [4.78, 5) is 0. The number of phenolic OH excluding ortho intramolecular Hbond substituents is 1. The monoisotopic (exact) mass is 188 g/mol. The van der Waals surface area contributed by atoms with E-state index in [2.05, 4.69) is 0 Å². The van der Waals surface area contributed by atoms with Crippen LogP contribution >= 0.6 is 0 Å². The molecule has 1 rings (SSSR count). The van der Waals surface area contributed by atoms with Gasteiger partial charge in [-0.15, -0.1) is 0 Å². The minimum absolute atomic E-state index is 0.178. The molecule has 0 aromatic heterocycles. The van der Waals surface area contributed by atoms with Crippen LogP contribution in [0.3, 0.4) is 0 Å². The lowest BCUT2D eigenvalue weighted by Crippen LogP contribution is -2.17. The molecule has 0 bridgehead atoms. The van der Waals surface area contributed by atoms with Gasteiger partial charge in [0.2, 0.25) is 0 Å². The Hall–Kier alpha value is -1.16. The molecule has 1 aromatic carbocycles. The van der Waals surface area contributed by atoms with Crippen LogP contribution in [0.25, 0.3) is 0 Å². The summed E-state index contributed by atoms with van der Waals surface area (Å²) in [6.45, 7) is 2.67. The molecule has 0 unspecified atom stereocenters. The van der Waals surface area contributed by atoms with E-state index in [0.29, 0.717) is 6.07 Å². The van der Waals surface area contributed by atoms with Gasteiger partial charge in [-0.25, -0.2) is 8.78 Å². The predicted molar refractivity (Wildman–Crippen MR) is 43.3 cm³/mol. The van der Waals surface area contributed by atoms with Gasteiger partial charge in [0.25, 0.3) is 0 Å². The normalized spacial score (nSPS) is 11.8. The molecular formula is C9H10F2O2. The smallest absolute Gasteiger partial charge is 0.165 e. The zero-order valence-corrected chi connectivity index (χ0v) is 7.31. The first-order valence-electron chi connectivity index (χ1n) is 3.73. The van der Waals surface area contributed by atoms with Crippen molar-refractivity contribution in [1.82, 2.24) is 0 Å². The van der Waals surface area contributed by atoms with Crippen LogP contribution in [0.15, 0.2) is 12.1 Å². The fraction of sp³-hybridized carbons (Fsp3) is 0.333. The zero-order valence-electron chi connectivity index (χ0n) is 7.31. The molecule has 2 N–H and O–H groups in total. The Kier molecular flexibility index (Phi) is 2.26. The topological polar surface area (TPSA) is 40.5 Å². The number of rotatable bonds is 1. The molecule has 0 aliphatic heterocycles. The molecule has 0 aliphatic carbocycles. The highest BCUT2D eigenvalue weighted by atomic mass is 19.1. The summed E-state index contributed by atoms with van der Waals surface area (Å²) >= 11 is 0. The Morgan fingerprint density at radius 2 is 1.69 bits per heavy atom. The third-order valence-corrected chi connectivity index (χ3v) is 1.70. The molecule has 0 saturated carbocycles. The first-order chi connectivity index (χ1) is 5.82. The maximum Gasteiger partial charge on any atom is 0.165 e. The van der Waals surface area contributed by atoms with Crippen molar-refractivity contribution in [3.63, 3.8) is 0 Å². The van der Waals surface area contributed by atoms with Crippen molar-refractivity contribution in [3.05, 3.63) is 29.3 Å². The van der Waals surface area contributed by atoms with Crippen LogP contribution in [-0.4, -0.2) is 10.2 Å². The molecular weight excluding hydrogens is 178 g/mol. The standard InChI is InChI=1S/C9H10F2O2/c1-9(2,13)5-3-7(11)8(12)4-6(5)10/h3-4,12-13H,1-2H3. The fourth-order valence-corrected chi connectivity index (χ4v) is 1.01. The average Bonchev–Trinajstić information content (AvgIpc) is 1.94. The summed E-state index contributed by atoms with van der Waals surface area (Å²) in [5.41, 5.74) is -1.64. The largest absolute Gasteiger partial charge is 0.505 e. The summed E-state index contributed by atoms with van der Waals surface area (Å²) < 4.78 is 25.8. The number of hydrogen-bond donors (Lipinski definition) is 2. The van der Waals surface area contributed by atoms with Crippen molar-refractivity contribution in [3.8, 4) is 5.75 Å². The van der Waals surface area contributed by atoms with Crippen LogP contribution in [0.2, 0.25) is 0 Å². The van der Waals surface area contributed by atoms with Gasteiger partial charge < -0.3 is 10.2 Å². The molecule has 0 saturated heterocycles. The van der Waals surface area contributed by atoms with Crippen LogP contribution in [0, 0.1) is 11.6 Å². The highest BCUT2D eigenvalue weighted by Gasteiger charge is 2.22. The second kappa shape index (κ2) is 2.96. The second-order valence-electron chi connectivity index (χ2n) is 3.34. The van der Waals surface area contributed by atoms with Gasteiger partial charge in [-0.3, -0.25) is 0 Å². The maximum absolute atomic E-state index is 13.0. The van der Waals surface area contributed by atoms with Gasteiger partial charge in [-0.05, 0) is 19.9 Å². The van der Waals surface area contributed by atoms with E-state index in [-0.39, 0.29) is 5.56 Å². The van der Waals surface area contributed by atoms with Gasteiger partial charge in [0, 0.05) is 11.6 Å². The highest BCUT2D eigenvalue weighted by Crippen LogP contribution is 2.27. The molecule has 0 radical (unpaired) electrons. The Labute approximate surface area is 74.4 Å². The Balaban J connectivity index is 3.32. The van der Waals surface area contributed by atoms with Crippen molar-refractivity contribution in [2.24, 2.45) is 0 Å². The zero-order chi connectivity index (χ0) is 10.2. The second-order valence-corrected chi connectivity index (χ2v) is 3.34. The highest BCUT2D eigenvalue weighted by molar-refractivity contribution is 5.32. The van der Waals surface area contributed by atoms with Crippen molar-refractivity contribution >= 4 is 0 Å². The maximum atomic E-state index is 13.0. The summed E-state index contributed by atoms with van der Waals surface area (Å²) in [6.07, 6.45) is 0. The van der Waals surface area contributed by atoms with E-state index in [4.69, 9.17) is 5.11 Å². The summed E-state index contributed by atoms with van der Waals surface area (Å²) in [6, 6.07) is 1.42. The molecule has 0 fully saturated rings. The molecule has 0 aliphatic rings. The number of phenols is 1. The quantitative estimate of drug-likeness (QED) is 0.706. The van der Waals surface area contributed by atoms with Gasteiger partial charge in [0.1, 0.15) is 5.82 Å². The molecule has 2 nitrogen and oxygen atoms in total. The van der Waals surface area contributed by atoms with Crippen molar-refractivity contribution in [1.29, 1.82) is 0 Å². The van der Waals surface area contributed by atoms with E-state index >= 15 is 0 Å². The van der Waals surface area contributed by atoms with Gasteiger partial charge in [-0.1, -0.05) is 0 Å². The van der Waals surface area contributed by atoms with Crippen molar-refractivity contribution in [2.75, 3.05) is 0 Å². The Bertz CT molecular complexity index is 329. The Morgan fingerprint density at radius 1 is 1.15 bits per heavy atom. The Morgan fingerprint density at radius 3 is 2.15 bits per heavy atom. The van der Waals surface area contributed by atoms with Crippen LogP contribution < -0.4 is 0 Å². The van der Waals surface area contributed by atoms with Gasteiger partial charge in [0.15, 0.2) is 11.6 Å². The van der Waals surface area contributed by atoms with E-state index in [1.807, 2.05) is 0 Å². The lowest BCUT2D eigenvalue weighted by Gasteiger charge is -2.18. The first kappa shape index (κ1) is 9.92. The summed E-state index contributed by atoms with van der Waals surface area (Å²) in [7, 11) is 0. The number of halogens is 2. The summed E-state index contributed by atoms with van der Waals surface area (Å²) in [5.74, 6) is -2.53. The molecule has 4 heteroatoms. The SMILES string of the molecule is CC(C)(O)c1cc(F)c(O)cc1F. The predicted octanol–water partition coefficient (Wildman–Crippen LogP) is 1.90. The third-order valence-electron chi connectivity index (χ3n) is 1.70. The molecule has 0 spiro atoms. The van der Waals surface area contributed by atoms with Crippen molar-refractivity contribution in [2.45, 2.75) is 19.4 Å². The van der Waals surface area contributed by atoms with E-state index in [1.165, 1.54) is 13.8 Å². The molecule has 1 aromatic rings. The minimum Gasteiger partial charge on any atom is -0.505 e. The lowest BCUT2D eigenvalue weighted by atomic mass is 9.97. The van der Waals surface area contributed by atoms with Crippen LogP contribution in [0.4, 0.5) is 8.78 Å². The van der Waals surface area contributed by atoms with E-state index in [9.17, 15) is 13.9 Å². The molecule has 0 amide bonds. The molecule has 13 heavy (non-hydrogen) atoms. The number of aliphatic hydroxyl groups is 1. The van der Waals surface area contributed by atoms with Gasteiger partial charge >= 0.3 is 0 Å². The third kappa shape index (κ3) is 1.95.